The predicted octanol–water partition coefficient (Wildman–Crippen LogP) is 14.6. The van der Waals surface area contributed by atoms with Gasteiger partial charge in [-0.3, -0.25) is 0 Å². The zero-order valence-corrected chi connectivity index (χ0v) is 37.1. The molecule has 13 rings (SSSR count). The Kier molecular flexibility index (Phi) is 8.70. The summed E-state index contributed by atoms with van der Waals surface area (Å²) in [5.74, 6) is 1.81. The van der Waals surface area contributed by atoms with Crippen LogP contribution < -0.4 is 21.1 Å². The Morgan fingerprint density at radius 3 is 1.55 bits per heavy atom. The van der Waals surface area contributed by atoms with E-state index in [0.717, 1.165) is 28.3 Å². The molecule has 0 spiro atoms. The largest absolute Gasteiger partial charge is 0.458 e. The third-order valence-electron chi connectivity index (χ3n) is 14.1. The average molecular weight is 842 g/mol. The topological polar surface area (TPSA) is 14.2 Å². The summed E-state index contributed by atoms with van der Waals surface area (Å²) in [6.07, 6.45) is 0. The van der Waals surface area contributed by atoms with E-state index in [2.05, 4.69) is 238 Å². The molecular formula is C63H44BNO. The molecule has 0 unspecified atom stereocenters. The third kappa shape index (κ3) is 5.97. The maximum atomic E-state index is 7.17. The van der Waals surface area contributed by atoms with Gasteiger partial charge in [0, 0.05) is 22.0 Å². The summed E-state index contributed by atoms with van der Waals surface area (Å²) in [5, 5.41) is 2.47. The minimum atomic E-state index is -0.0870. The number of ether oxygens (including phenoxy) is 1. The van der Waals surface area contributed by atoms with Crippen LogP contribution >= 0.6 is 0 Å². The van der Waals surface area contributed by atoms with Crippen LogP contribution in [0.4, 0.5) is 0 Å². The summed E-state index contributed by atoms with van der Waals surface area (Å²) >= 11 is 0. The molecule has 310 valence electrons. The molecule has 3 heterocycles. The van der Waals surface area contributed by atoms with Gasteiger partial charge in [-0.25, -0.2) is 0 Å². The van der Waals surface area contributed by atoms with E-state index in [1.165, 1.54) is 111 Å². The number of aryl methyl sites for hydroxylation is 3. The fourth-order valence-electron chi connectivity index (χ4n) is 11.4. The summed E-state index contributed by atoms with van der Waals surface area (Å²) in [7, 11) is 0. The van der Waals surface area contributed by atoms with Gasteiger partial charge in [0.15, 0.2) is 0 Å². The SMILES string of the molecule is Cc1cc(C)c(-c2ccc3c(c2)B2c4c(cc(-c5ccccc5)cc4-n4c5ccc(-c6ccccc6-c6ccccc6)cc5c5cc(-c6ccccc6-c6ccccc6)cc2c54)O3)c(C)c1. The first-order chi connectivity index (χ1) is 32.5. The van der Waals surface area contributed by atoms with E-state index in [1.54, 1.807) is 0 Å². The third-order valence-corrected chi connectivity index (χ3v) is 14.1. The van der Waals surface area contributed by atoms with Crippen LogP contribution in [0, 0.1) is 20.8 Å². The lowest BCUT2D eigenvalue weighted by Gasteiger charge is -2.34. The Morgan fingerprint density at radius 2 is 0.909 bits per heavy atom. The number of aromatic nitrogens is 1. The molecule has 2 aliphatic rings. The van der Waals surface area contributed by atoms with Crippen LogP contribution in [-0.2, 0) is 0 Å². The first kappa shape index (κ1) is 38.3. The Hall–Kier alpha value is -8.14. The molecule has 0 saturated carbocycles. The highest BCUT2D eigenvalue weighted by Gasteiger charge is 2.41. The van der Waals surface area contributed by atoms with Crippen LogP contribution in [0.3, 0.4) is 0 Å². The van der Waals surface area contributed by atoms with Gasteiger partial charge in [-0.2, -0.15) is 0 Å². The van der Waals surface area contributed by atoms with Crippen molar-refractivity contribution < 1.29 is 4.74 Å². The molecular weight excluding hydrogens is 798 g/mol. The first-order valence-electron chi connectivity index (χ1n) is 23.0. The van der Waals surface area contributed by atoms with E-state index in [9.17, 15) is 0 Å². The van der Waals surface area contributed by atoms with Crippen LogP contribution in [0.2, 0.25) is 0 Å². The molecule has 0 saturated heterocycles. The Balaban J connectivity index is 1.15. The van der Waals surface area contributed by atoms with Crippen LogP contribution in [0.15, 0.2) is 212 Å². The molecule has 66 heavy (non-hydrogen) atoms. The molecule has 0 N–H and O–H groups in total. The monoisotopic (exact) mass is 841 g/mol. The quantitative estimate of drug-likeness (QED) is 0.152. The van der Waals surface area contributed by atoms with Gasteiger partial charge in [0.1, 0.15) is 11.5 Å². The summed E-state index contributed by atoms with van der Waals surface area (Å²) in [6.45, 7) is 6.59. The van der Waals surface area contributed by atoms with E-state index in [4.69, 9.17) is 4.74 Å². The fraction of sp³-hybridized carbons (Fsp3) is 0.0476. The number of hydrogen-bond donors (Lipinski definition) is 0. The van der Waals surface area contributed by atoms with Crippen molar-refractivity contribution in [1.29, 1.82) is 0 Å². The Labute approximate surface area is 386 Å². The Morgan fingerprint density at radius 1 is 0.379 bits per heavy atom. The van der Waals surface area contributed by atoms with Crippen molar-refractivity contribution in [3.63, 3.8) is 0 Å². The van der Waals surface area contributed by atoms with Gasteiger partial charge in [0.2, 0.25) is 0 Å². The van der Waals surface area contributed by atoms with Gasteiger partial charge in [-0.05, 0) is 151 Å². The van der Waals surface area contributed by atoms with Crippen LogP contribution in [0.5, 0.6) is 11.5 Å². The van der Waals surface area contributed by atoms with Gasteiger partial charge in [0.25, 0.3) is 6.71 Å². The molecule has 1 aromatic heterocycles. The minimum absolute atomic E-state index is 0.0870. The second-order valence-electron chi connectivity index (χ2n) is 18.2. The number of benzene rings is 10. The molecule has 0 amide bonds. The molecule has 11 aromatic rings. The number of nitrogens with zero attached hydrogens (tertiary/aromatic N) is 1. The number of hydrogen-bond acceptors (Lipinski definition) is 1. The molecule has 0 fully saturated rings. The Bertz CT molecular complexity index is 3730. The molecule has 0 bridgehead atoms. The van der Waals surface area contributed by atoms with E-state index >= 15 is 0 Å². The molecule has 0 radical (unpaired) electrons. The second-order valence-corrected chi connectivity index (χ2v) is 18.2. The maximum Gasteiger partial charge on any atom is 0.256 e. The fourth-order valence-corrected chi connectivity index (χ4v) is 11.4. The van der Waals surface area contributed by atoms with Crippen LogP contribution in [-0.4, -0.2) is 11.3 Å². The zero-order valence-electron chi connectivity index (χ0n) is 37.1. The summed E-state index contributed by atoms with van der Waals surface area (Å²) < 4.78 is 9.72. The summed E-state index contributed by atoms with van der Waals surface area (Å²) in [4.78, 5) is 0. The highest BCUT2D eigenvalue weighted by Crippen LogP contribution is 2.44. The van der Waals surface area contributed by atoms with Crippen molar-refractivity contribution in [2.75, 3.05) is 0 Å². The van der Waals surface area contributed by atoms with Crippen molar-refractivity contribution in [3.8, 4) is 83.9 Å². The molecule has 2 nitrogen and oxygen atoms in total. The van der Waals surface area contributed by atoms with Gasteiger partial charge in [-0.15, -0.1) is 0 Å². The smallest absolute Gasteiger partial charge is 0.256 e. The molecule has 10 aromatic carbocycles. The lowest BCUT2D eigenvalue weighted by molar-refractivity contribution is 0.487. The highest BCUT2D eigenvalue weighted by atomic mass is 16.5. The first-order valence-corrected chi connectivity index (χ1v) is 23.0. The van der Waals surface area contributed by atoms with E-state index in [-0.39, 0.29) is 6.71 Å². The van der Waals surface area contributed by atoms with Gasteiger partial charge < -0.3 is 9.30 Å². The van der Waals surface area contributed by atoms with Crippen molar-refractivity contribution in [3.05, 3.63) is 229 Å². The summed E-state index contributed by atoms with van der Waals surface area (Å²) in [6, 6.07) is 78.3. The second kappa shape index (κ2) is 15.0. The van der Waals surface area contributed by atoms with Gasteiger partial charge in [0.05, 0.1) is 5.52 Å². The number of rotatable bonds is 6. The van der Waals surface area contributed by atoms with Crippen LogP contribution in [0.25, 0.3) is 94.3 Å². The lowest BCUT2D eigenvalue weighted by Crippen LogP contribution is -2.58. The predicted molar refractivity (Wildman–Crippen MR) is 279 cm³/mol. The standard InChI is InChI=1S/C63H44BNO/c1-39-31-40(2)61(41(3)32-39)46-28-30-59-55(35-46)64-56-36-48(52-26-16-14-24-50(52)44-21-11-6-12-22-44)34-54-53-33-45(51-25-15-13-23-49(51)43-19-9-5-10-20-43)27-29-57(53)65(63(54)56)58-37-47(38-60(66-59)62(58)64)42-17-7-4-8-18-42/h4-38H,1-3H3. The van der Waals surface area contributed by atoms with Gasteiger partial charge >= 0.3 is 0 Å². The van der Waals surface area contributed by atoms with Crippen molar-refractivity contribution >= 4 is 44.9 Å². The van der Waals surface area contributed by atoms with Crippen molar-refractivity contribution in [2.45, 2.75) is 20.8 Å². The van der Waals surface area contributed by atoms with Gasteiger partial charge in [-0.1, -0.05) is 181 Å². The minimum Gasteiger partial charge on any atom is -0.458 e. The van der Waals surface area contributed by atoms with Crippen molar-refractivity contribution in [1.82, 2.24) is 4.57 Å². The van der Waals surface area contributed by atoms with E-state index in [0.29, 0.717) is 0 Å². The normalized spacial score (nSPS) is 12.3. The molecule has 3 heteroatoms. The highest BCUT2D eigenvalue weighted by molar-refractivity contribution is 6.99. The average Bonchev–Trinajstić information content (AvgIpc) is 3.69. The number of fused-ring (bicyclic) bond motifs is 7. The summed E-state index contributed by atoms with van der Waals surface area (Å²) in [5.41, 5.74) is 25.6. The van der Waals surface area contributed by atoms with E-state index in [1.807, 2.05) is 0 Å². The van der Waals surface area contributed by atoms with Crippen molar-refractivity contribution in [2.24, 2.45) is 0 Å². The molecule has 0 atom stereocenters. The molecule has 0 aliphatic carbocycles. The lowest BCUT2D eigenvalue weighted by atomic mass is 9.34. The van der Waals surface area contributed by atoms with E-state index < -0.39 is 0 Å². The maximum absolute atomic E-state index is 7.17. The van der Waals surface area contributed by atoms with Crippen LogP contribution in [0.1, 0.15) is 16.7 Å². The zero-order chi connectivity index (χ0) is 44.0. The molecule has 2 aliphatic heterocycles.